The van der Waals surface area contributed by atoms with Crippen molar-refractivity contribution in [2.75, 3.05) is 0 Å². The summed E-state index contributed by atoms with van der Waals surface area (Å²) in [5.41, 5.74) is 6.55. The quantitative estimate of drug-likeness (QED) is 0.919. The molecule has 1 heterocycles. The van der Waals surface area contributed by atoms with Crippen LogP contribution in [0.15, 0.2) is 4.52 Å². The Morgan fingerprint density at radius 2 is 1.65 bits per heavy atom. The minimum Gasteiger partial charge on any atom is -0.339 e. The molecule has 1 aromatic heterocycles. The summed E-state index contributed by atoms with van der Waals surface area (Å²) in [5, 5.41) is 4.16. The summed E-state index contributed by atoms with van der Waals surface area (Å²) >= 11 is 0. The number of nitrogens with zero attached hydrogens (tertiary/aromatic N) is 2. The van der Waals surface area contributed by atoms with Gasteiger partial charge in [0.1, 0.15) is 0 Å². The standard InChI is InChI=1S/C16H25N3O/c1-8(2)16-18-15(19-20-16)14(17)13-11-4-9-3-10(6-11)7-12(13)5-9/h8-14H,3-7,17H2,1-2H3. The largest absolute Gasteiger partial charge is 0.339 e. The molecule has 5 rings (SSSR count). The van der Waals surface area contributed by atoms with Crippen molar-refractivity contribution in [3.05, 3.63) is 11.7 Å². The molecule has 4 fully saturated rings. The van der Waals surface area contributed by atoms with Crippen LogP contribution < -0.4 is 5.73 Å². The summed E-state index contributed by atoms with van der Waals surface area (Å²) in [7, 11) is 0. The maximum absolute atomic E-state index is 6.55. The molecular weight excluding hydrogens is 250 g/mol. The third-order valence-corrected chi connectivity index (χ3v) is 5.96. The molecule has 2 N–H and O–H groups in total. The molecule has 0 spiro atoms. The summed E-state index contributed by atoms with van der Waals surface area (Å²) in [6.07, 6.45) is 7.04. The number of hydrogen-bond donors (Lipinski definition) is 1. The fraction of sp³-hybridized carbons (Fsp3) is 0.875. The van der Waals surface area contributed by atoms with Crippen LogP contribution in [0.2, 0.25) is 0 Å². The van der Waals surface area contributed by atoms with Crippen molar-refractivity contribution in [3.8, 4) is 0 Å². The van der Waals surface area contributed by atoms with Gasteiger partial charge in [0.2, 0.25) is 5.89 Å². The van der Waals surface area contributed by atoms with Gasteiger partial charge in [0.05, 0.1) is 6.04 Å². The lowest BCUT2D eigenvalue weighted by Crippen LogP contribution is -2.48. The number of rotatable bonds is 3. The SMILES string of the molecule is CC(C)c1nc(C(N)C2C3CC4CC(C3)CC2C4)no1. The minimum atomic E-state index is -0.0266. The molecule has 1 atom stereocenters. The molecule has 1 aromatic rings. The van der Waals surface area contributed by atoms with Gasteiger partial charge in [-0.05, 0) is 61.7 Å². The van der Waals surface area contributed by atoms with Crippen LogP contribution in [-0.2, 0) is 0 Å². The van der Waals surface area contributed by atoms with Crippen LogP contribution in [0.1, 0.15) is 69.6 Å². The molecule has 0 saturated heterocycles. The first-order valence-electron chi connectivity index (χ1n) is 8.21. The summed E-state index contributed by atoms with van der Waals surface area (Å²) in [5.74, 6) is 5.91. The minimum absolute atomic E-state index is 0.0266. The number of nitrogens with two attached hydrogens (primary N) is 1. The average Bonchev–Trinajstić information content (AvgIpc) is 2.86. The van der Waals surface area contributed by atoms with E-state index in [4.69, 9.17) is 10.3 Å². The van der Waals surface area contributed by atoms with Gasteiger partial charge in [-0.25, -0.2) is 0 Å². The van der Waals surface area contributed by atoms with Crippen molar-refractivity contribution in [2.24, 2.45) is 35.3 Å². The summed E-state index contributed by atoms with van der Waals surface area (Å²) < 4.78 is 5.35. The van der Waals surface area contributed by atoms with E-state index in [1.165, 1.54) is 32.1 Å². The molecule has 0 radical (unpaired) electrons. The predicted molar refractivity (Wildman–Crippen MR) is 75.9 cm³/mol. The van der Waals surface area contributed by atoms with Gasteiger partial charge in [0.25, 0.3) is 0 Å². The molecule has 110 valence electrons. The lowest BCUT2D eigenvalue weighted by atomic mass is 9.50. The van der Waals surface area contributed by atoms with E-state index in [1.54, 1.807) is 0 Å². The third-order valence-electron chi connectivity index (χ3n) is 5.96. The van der Waals surface area contributed by atoms with Gasteiger partial charge in [-0.3, -0.25) is 0 Å². The molecule has 0 amide bonds. The highest BCUT2D eigenvalue weighted by Gasteiger charge is 2.50. The first-order chi connectivity index (χ1) is 9.61. The van der Waals surface area contributed by atoms with Crippen LogP contribution in [0.5, 0.6) is 0 Å². The number of aromatic nitrogens is 2. The fourth-order valence-corrected chi connectivity index (χ4v) is 5.34. The maximum Gasteiger partial charge on any atom is 0.229 e. The summed E-state index contributed by atoms with van der Waals surface area (Å²) in [4.78, 5) is 4.54. The van der Waals surface area contributed by atoms with E-state index in [0.29, 0.717) is 5.92 Å². The van der Waals surface area contributed by atoms with Crippen LogP contribution in [0, 0.1) is 29.6 Å². The molecule has 4 bridgehead atoms. The highest BCUT2D eigenvalue weighted by molar-refractivity contribution is 5.06. The van der Waals surface area contributed by atoms with Gasteiger partial charge in [-0.15, -0.1) is 0 Å². The second-order valence-corrected chi connectivity index (χ2v) is 7.68. The molecule has 4 aliphatic carbocycles. The Hall–Kier alpha value is -0.900. The molecule has 4 nitrogen and oxygen atoms in total. The smallest absolute Gasteiger partial charge is 0.229 e. The normalized spacial score (nSPS) is 40.5. The average molecular weight is 275 g/mol. The Morgan fingerprint density at radius 1 is 1.05 bits per heavy atom. The van der Waals surface area contributed by atoms with E-state index >= 15 is 0 Å². The Morgan fingerprint density at radius 3 is 2.15 bits per heavy atom. The zero-order valence-corrected chi connectivity index (χ0v) is 12.5. The van der Waals surface area contributed by atoms with Crippen LogP contribution in [0.4, 0.5) is 0 Å². The van der Waals surface area contributed by atoms with E-state index in [2.05, 4.69) is 24.0 Å². The summed E-state index contributed by atoms with van der Waals surface area (Å²) in [6.45, 7) is 4.15. The Balaban J connectivity index is 1.57. The van der Waals surface area contributed by atoms with Crippen LogP contribution in [0.3, 0.4) is 0 Å². The second-order valence-electron chi connectivity index (χ2n) is 7.68. The highest BCUT2D eigenvalue weighted by Crippen LogP contribution is 2.58. The monoisotopic (exact) mass is 275 g/mol. The zero-order valence-electron chi connectivity index (χ0n) is 12.5. The van der Waals surface area contributed by atoms with Crippen LogP contribution >= 0.6 is 0 Å². The van der Waals surface area contributed by atoms with E-state index in [0.717, 1.165) is 35.4 Å². The highest BCUT2D eigenvalue weighted by atomic mass is 16.5. The number of hydrogen-bond acceptors (Lipinski definition) is 4. The molecule has 4 saturated carbocycles. The first-order valence-corrected chi connectivity index (χ1v) is 8.21. The van der Waals surface area contributed by atoms with Crippen LogP contribution in [0.25, 0.3) is 0 Å². The molecule has 0 aliphatic heterocycles. The van der Waals surface area contributed by atoms with E-state index in [-0.39, 0.29) is 12.0 Å². The molecule has 20 heavy (non-hydrogen) atoms. The van der Waals surface area contributed by atoms with Crippen molar-refractivity contribution in [2.45, 2.75) is 57.9 Å². The van der Waals surface area contributed by atoms with Gasteiger partial charge < -0.3 is 10.3 Å². The summed E-state index contributed by atoms with van der Waals surface area (Å²) in [6, 6.07) is -0.0266. The van der Waals surface area contributed by atoms with Gasteiger partial charge in [-0.1, -0.05) is 19.0 Å². The molecule has 1 unspecified atom stereocenters. The van der Waals surface area contributed by atoms with Gasteiger partial charge >= 0.3 is 0 Å². The van der Waals surface area contributed by atoms with Gasteiger partial charge in [0, 0.05) is 5.92 Å². The van der Waals surface area contributed by atoms with Crippen molar-refractivity contribution in [1.82, 2.24) is 10.1 Å². The van der Waals surface area contributed by atoms with Gasteiger partial charge in [-0.2, -0.15) is 4.98 Å². The molecular formula is C16H25N3O. The fourth-order valence-electron chi connectivity index (χ4n) is 5.34. The Labute approximate surface area is 120 Å². The van der Waals surface area contributed by atoms with Crippen molar-refractivity contribution in [3.63, 3.8) is 0 Å². The van der Waals surface area contributed by atoms with E-state index < -0.39 is 0 Å². The molecule has 0 aromatic carbocycles. The predicted octanol–water partition coefficient (Wildman–Crippen LogP) is 3.27. The molecule has 4 heteroatoms. The van der Waals surface area contributed by atoms with Gasteiger partial charge in [0.15, 0.2) is 5.82 Å². The van der Waals surface area contributed by atoms with E-state index in [9.17, 15) is 0 Å². The maximum atomic E-state index is 6.55. The van der Waals surface area contributed by atoms with Crippen LogP contribution in [-0.4, -0.2) is 10.1 Å². The second kappa shape index (κ2) is 4.55. The lowest BCUT2D eigenvalue weighted by molar-refractivity contribution is -0.0484. The van der Waals surface area contributed by atoms with Crippen molar-refractivity contribution in [1.29, 1.82) is 0 Å². The third kappa shape index (κ3) is 1.92. The Bertz CT molecular complexity index is 468. The topological polar surface area (TPSA) is 64.9 Å². The van der Waals surface area contributed by atoms with Crippen molar-refractivity contribution >= 4 is 0 Å². The first kappa shape index (κ1) is 12.8. The zero-order chi connectivity index (χ0) is 13.9. The van der Waals surface area contributed by atoms with Crippen molar-refractivity contribution < 1.29 is 4.52 Å². The van der Waals surface area contributed by atoms with E-state index in [1.807, 2.05) is 0 Å². The molecule has 4 aliphatic rings. The lowest BCUT2D eigenvalue weighted by Gasteiger charge is -2.55. The Kier molecular flexibility index (Phi) is 2.92.